The Labute approximate surface area is 118 Å². The van der Waals surface area contributed by atoms with Crippen LogP contribution in [0.4, 0.5) is 0 Å². The Balaban J connectivity index is 2.50. The summed E-state index contributed by atoms with van der Waals surface area (Å²) in [5.41, 5.74) is 1.44. The largest absolute Gasteiger partial charge is 0.481 e. The highest BCUT2D eigenvalue weighted by Gasteiger charge is 2.09. The average molecular weight is 357 g/mol. The SMILES string of the molecule is CCc1nc(-c2ccc(OC)nc2)[nH]c(=O)c1I. The summed E-state index contributed by atoms with van der Waals surface area (Å²) >= 11 is 2.01. The van der Waals surface area contributed by atoms with Gasteiger partial charge in [0.1, 0.15) is 5.82 Å². The van der Waals surface area contributed by atoms with E-state index in [2.05, 4.69) is 15.0 Å². The highest BCUT2D eigenvalue weighted by Crippen LogP contribution is 2.17. The van der Waals surface area contributed by atoms with E-state index in [9.17, 15) is 4.79 Å². The van der Waals surface area contributed by atoms with Crippen LogP contribution in [0.15, 0.2) is 23.1 Å². The van der Waals surface area contributed by atoms with Gasteiger partial charge in [-0.1, -0.05) is 6.92 Å². The fraction of sp³-hybridized carbons (Fsp3) is 0.250. The summed E-state index contributed by atoms with van der Waals surface area (Å²) in [7, 11) is 1.56. The first kappa shape index (κ1) is 13.0. The predicted molar refractivity (Wildman–Crippen MR) is 76.7 cm³/mol. The van der Waals surface area contributed by atoms with E-state index in [0.29, 0.717) is 15.3 Å². The molecule has 2 aromatic rings. The lowest BCUT2D eigenvalue weighted by Crippen LogP contribution is -2.16. The summed E-state index contributed by atoms with van der Waals surface area (Å²) in [4.78, 5) is 23.0. The van der Waals surface area contributed by atoms with E-state index in [4.69, 9.17) is 4.74 Å². The lowest BCUT2D eigenvalue weighted by molar-refractivity contribution is 0.398. The topological polar surface area (TPSA) is 67.9 Å². The van der Waals surface area contributed by atoms with Gasteiger partial charge in [0.25, 0.3) is 5.56 Å². The molecule has 0 radical (unpaired) electrons. The molecule has 0 aliphatic rings. The number of halogens is 1. The fourth-order valence-corrected chi connectivity index (χ4v) is 2.15. The normalized spacial score (nSPS) is 10.4. The van der Waals surface area contributed by atoms with Crippen LogP contribution >= 0.6 is 22.6 Å². The molecule has 0 saturated carbocycles. The minimum atomic E-state index is -0.117. The molecule has 0 saturated heterocycles. The average Bonchev–Trinajstić information content (AvgIpc) is 2.42. The van der Waals surface area contributed by atoms with Gasteiger partial charge in [-0.25, -0.2) is 9.97 Å². The second kappa shape index (κ2) is 5.47. The molecule has 0 atom stereocenters. The summed E-state index contributed by atoms with van der Waals surface area (Å²) in [6.45, 7) is 1.97. The highest BCUT2D eigenvalue weighted by molar-refractivity contribution is 14.1. The smallest absolute Gasteiger partial charge is 0.264 e. The Kier molecular flexibility index (Phi) is 3.95. The Morgan fingerprint density at radius 2 is 2.22 bits per heavy atom. The first-order valence-corrected chi connectivity index (χ1v) is 6.52. The van der Waals surface area contributed by atoms with Crippen LogP contribution in [-0.4, -0.2) is 22.1 Å². The number of hydrogen-bond donors (Lipinski definition) is 1. The first-order valence-electron chi connectivity index (χ1n) is 5.44. The minimum Gasteiger partial charge on any atom is -0.481 e. The molecule has 1 N–H and O–H groups in total. The van der Waals surface area contributed by atoms with E-state index >= 15 is 0 Å². The van der Waals surface area contributed by atoms with Crippen LogP contribution < -0.4 is 10.3 Å². The molecule has 2 rings (SSSR count). The summed E-state index contributed by atoms with van der Waals surface area (Å²) in [6, 6.07) is 3.55. The number of H-pyrrole nitrogens is 1. The minimum absolute atomic E-state index is 0.117. The number of aryl methyl sites for hydroxylation is 1. The van der Waals surface area contributed by atoms with Crippen LogP contribution in [0.5, 0.6) is 5.88 Å². The third-order valence-electron chi connectivity index (χ3n) is 2.49. The molecular formula is C12H12IN3O2. The van der Waals surface area contributed by atoms with Crippen LogP contribution in [0.25, 0.3) is 11.4 Å². The Bertz CT molecular complexity index is 608. The van der Waals surface area contributed by atoms with Crippen LogP contribution in [-0.2, 0) is 6.42 Å². The van der Waals surface area contributed by atoms with E-state index in [1.165, 1.54) is 0 Å². The van der Waals surface area contributed by atoms with Gasteiger partial charge < -0.3 is 9.72 Å². The third kappa shape index (κ3) is 2.53. The monoisotopic (exact) mass is 357 g/mol. The van der Waals surface area contributed by atoms with Gasteiger partial charge in [-0.2, -0.15) is 0 Å². The molecule has 2 aromatic heterocycles. The van der Waals surface area contributed by atoms with E-state index < -0.39 is 0 Å². The lowest BCUT2D eigenvalue weighted by atomic mass is 10.2. The van der Waals surface area contributed by atoms with Gasteiger partial charge >= 0.3 is 0 Å². The van der Waals surface area contributed by atoms with E-state index in [0.717, 1.165) is 17.7 Å². The summed E-state index contributed by atoms with van der Waals surface area (Å²) in [6.07, 6.45) is 2.35. The van der Waals surface area contributed by atoms with E-state index in [1.54, 1.807) is 19.4 Å². The van der Waals surface area contributed by atoms with Gasteiger partial charge in [0.15, 0.2) is 0 Å². The van der Waals surface area contributed by atoms with Gasteiger partial charge in [0.2, 0.25) is 5.88 Å². The maximum atomic E-state index is 11.8. The molecule has 0 spiro atoms. The fourth-order valence-electron chi connectivity index (χ4n) is 1.52. The molecule has 2 heterocycles. The van der Waals surface area contributed by atoms with Gasteiger partial charge in [-0.15, -0.1) is 0 Å². The summed E-state index contributed by atoms with van der Waals surface area (Å²) in [5, 5.41) is 0. The molecule has 18 heavy (non-hydrogen) atoms. The Morgan fingerprint density at radius 1 is 1.44 bits per heavy atom. The van der Waals surface area contributed by atoms with Crippen LogP contribution in [0, 0.1) is 3.57 Å². The molecule has 94 valence electrons. The second-order valence-corrected chi connectivity index (χ2v) is 4.70. The first-order chi connectivity index (χ1) is 8.65. The molecule has 0 fully saturated rings. The van der Waals surface area contributed by atoms with Crippen molar-refractivity contribution < 1.29 is 4.74 Å². The van der Waals surface area contributed by atoms with Crippen molar-refractivity contribution in [3.63, 3.8) is 0 Å². The lowest BCUT2D eigenvalue weighted by Gasteiger charge is -2.05. The van der Waals surface area contributed by atoms with Crippen LogP contribution in [0.3, 0.4) is 0 Å². The van der Waals surface area contributed by atoms with Crippen molar-refractivity contribution in [3.05, 3.63) is 37.9 Å². The highest BCUT2D eigenvalue weighted by atomic mass is 127. The third-order valence-corrected chi connectivity index (χ3v) is 3.60. The van der Waals surface area contributed by atoms with Crippen molar-refractivity contribution >= 4 is 22.6 Å². The Morgan fingerprint density at radius 3 is 2.78 bits per heavy atom. The molecule has 0 aliphatic carbocycles. The van der Waals surface area contributed by atoms with Crippen molar-refractivity contribution in [2.45, 2.75) is 13.3 Å². The van der Waals surface area contributed by atoms with Crippen LogP contribution in [0.1, 0.15) is 12.6 Å². The standard InChI is InChI=1S/C12H12IN3O2/c1-3-8-10(13)12(17)16-11(15-8)7-4-5-9(18-2)14-6-7/h4-6H,3H2,1-2H3,(H,15,16,17). The zero-order chi connectivity index (χ0) is 13.1. The van der Waals surface area contributed by atoms with Crippen molar-refractivity contribution in [1.29, 1.82) is 0 Å². The van der Waals surface area contributed by atoms with Gasteiger partial charge in [0, 0.05) is 17.8 Å². The number of hydrogen-bond acceptors (Lipinski definition) is 4. The van der Waals surface area contributed by atoms with Gasteiger partial charge in [-0.05, 0) is 35.1 Å². The zero-order valence-electron chi connectivity index (χ0n) is 10.0. The predicted octanol–water partition coefficient (Wildman–Crippen LogP) is 2.01. The van der Waals surface area contributed by atoms with Crippen LogP contribution in [0.2, 0.25) is 0 Å². The van der Waals surface area contributed by atoms with Gasteiger partial charge in [-0.3, -0.25) is 4.79 Å². The van der Waals surface area contributed by atoms with Crippen molar-refractivity contribution in [1.82, 2.24) is 15.0 Å². The number of methoxy groups -OCH3 is 1. The van der Waals surface area contributed by atoms with Crippen molar-refractivity contribution in [2.24, 2.45) is 0 Å². The number of aromatic amines is 1. The quantitative estimate of drug-likeness (QED) is 0.854. The molecule has 6 heteroatoms. The molecule has 0 amide bonds. The molecule has 0 aliphatic heterocycles. The number of nitrogens with one attached hydrogen (secondary N) is 1. The molecule has 0 bridgehead atoms. The molecule has 0 aromatic carbocycles. The summed E-state index contributed by atoms with van der Waals surface area (Å²) in [5.74, 6) is 1.06. The maximum Gasteiger partial charge on any atom is 0.264 e. The number of pyridine rings is 1. The maximum absolute atomic E-state index is 11.8. The Hall–Kier alpha value is -1.44. The number of ether oxygens (including phenoxy) is 1. The van der Waals surface area contributed by atoms with E-state index in [1.807, 2.05) is 35.6 Å². The molecule has 0 unspecified atom stereocenters. The summed E-state index contributed by atoms with van der Waals surface area (Å²) < 4.78 is 5.63. The number of nitrogens with zero attached hydrogens (tertiary/aromatic N) is 2. The number of rotatable bonds is 3. The van der Waals surface area contributed by atoms with E-state index in [-0.39, 0.29) is 5.56 Å². The van der Waals surface area contributed by atoms with Crippen molar-refractivity contribution in [3.8, 4) is 17.3 Å². The van der Waals surface area contributed by atoms with Gasteiger partial charge in [0.05, 0.1) is 16.4 Å². The molecular weight excluding hydrogens is 345 g/mol. The zero-order valence-corrected chi connectivity index (χ0v) is 12.2. The molecule has 5 nitrogen and oxygen atoms in total. The number of aromatic nitrogens is 3. The van der Waals surface area contributed by atoms with Crippen molar-refractivity contribution in [2.75, 3.05) is 7.11 Å². The second-order valence-electron chi connectivity index (χ2n) is 3.62.